The molecule has 48 heavy (non-hydrogen) atoms. The minimum Gasteiger partial charge on any atom is -0.462 e. The zero-order valence-electron chi connectivity index (χ0n) is 30.6. The van der Waals surface area contributed by atoms with E-state index in [-0.39, 0.29) is 37.1 Å². The number of allylic oxidation sites excluding steroid dienone is 3. The van der Waals surface area contributed by atoms with Gasteiger partial charge in [0, 0.05) is 31.1 Å². The molecule has 0 aromatic heterocycles. The molecule has 0 heterocycles. The lowest BCUT2D eigenvalue weighted by molar-refractivity contribution is -0.161. The number of ketones is 1. The van der Waals surface area contributed by atoms with Crippen molar-refractivity contribution in [3.05, 3.63) is 24.3 Å². The molecule has 0 radical (unpaired) electrons. The van der Waals surface area contributed by atoms with Gasteiger partial charge in [-0.2, -0.15) is 0 Å². The van der Waals surface area contributed by atoms with Crippen molar-refractivity contribution in [3.63, 3.8) is 0 Å². The average Bonchev–Trinajstić information content (AvgIpc) is 3.34. The van der Waals surface area contributed by atoms with E-state index in [4.69, 9.17) is 9.47 Å². The first-order valence-electron chi connectivity index (χ1n) is 19.4. The van der Waals surface area contributed by atoms with Crippen LogP contribution in [0.15, 0.2) is 24.3 Å². The van der Waals surface area contributed by atoms with Crippen molar-refractivity contribution in [3.8, 4) is 0 Å². The highest BCUT2D eigenvalue weighted by Gasteiger charge is 2.39. The molecule has 1 aliphatic rings. The maximum Gasteiger partial charge on any atom is 0.306 e. The van der Waals surface area contributed by atoms with E-state index in [0.29, 0.717) is 32.1 Å². The van der Waals surface area contributed by atoms with Crippen molar-refractivity contribution >= 4 is 17.7 Å². The molecule has 278 valence electrons. The van der Waals surface area contributed by atoms with Gasteiger partial charge in [-0.15, -0.1) is 0 Å². The molecule has 6 atom stereocenters. The number of unbranched alkanes of at least 4 members (excludes halogenated alkanes) is 12. The highest BCUT2D eigenvalue weighted by molar-refractivity contribution is 5.86. The molecule has 1 aliphatic carbocycles. The van der Waals surface area contributed by atoms with Gasteiger partial charge in [-0.25, -0.2) is 0 Å². The van der Waals surface area contributed by atoms with Crippen LogP contribution in [-0.4, -0.2) is 64.6 Å². The van der Waals surface area contributed by atoms with Crippen molar-refractivity contribution in [2.45, 2.75) is 180 Å². The Morgan fingerprint density at radius 2 is 1.48 bits per heavy atom. The molecule has 0 aliphatic heterocycles. The quantitative estimate of drug-likeness (QED) is 0.0393. The van der Waals surface area contributed by atoms with Crippen LogP contribution >= 0.6 is 0 Å². The van der Waals surface area contributed by atoms with E-state index in [1.807, 2.05) is 12.2 Å². The van der Waals surface area contributed by atoms with Crippen LogP contribution in [0.5, 0.6) is 0 Å². The van der Waals surface area contributed by atoms with Gasteiger partial charge in [0.25, 0.3) is 0 Å². The van der Waals surface area contributed by atoms with E-state index < -0.39 is 36.8 Å². The van der Waals surface area contributed by atoms with Crippen LogP contribution in [0, 0.1) is 17.8 Å². The minimum absolute atomic E-state index is 0.000778. The Hall–Kier alpha value is -2.03. The van der Waals surface area contributed by atoms with Crippen molar-refractivity contribution in [1.82, 2.24) is 0 Å². The van der Waals surface area contributed by atoms with E-state index in [9.17, 15) is 29.7 Å². The summed E-state index contributed by atoms with van der Waals surface area (Å²) in [4.78, 5) is 36.8. The highest BCUT2D eigenvalue weighted by Crippen LogP contribution is 2.33. The van der Waals surface area contributed by atoms with E-state index in [0.717, 1.165) is 44.4 Å². The Balaban J connectivity index is 2.14. The van der Waals surface area contributed by atoms with E-state index in [2.05, 4.69) is 20.8 Å². The van der Waals surface area contributed by atoms with Gasteiger partial charge >= 0.3 is 11.9 Å². The molecule has 1 unspecified atom stereocenters. The summed E-state index contributed by atoms with van der Waals surface area (Å²) < 4.78 is 10.5. The van der Waals surface area contributed by atoms with E-state index >= 15 is 0 Å². The van der Waals surface area contributed by atoms with Crippen molar-refractivity contribution in [2.75, 3.05) is 13.2 Å². The largest absolute Gasteiger partial charge is 0.462 e. The van der Waals surface area contributed by atoms with Crippen LogP contribution in [-0.2, 0) is 23.9 Å². The van der Waals surface area contributed by atoms with Crippen LogP contribution < -0.4 is 0 Å². The SMILES string of the molecule is CCCCC[C@H](O)/C=C/[C@H]1C(=O)C[C@H](O)[C@@H]1C/C=C\CCCC(=O)O[C@@H](CO)COC(=O)CCCCCCCCCCCCC(C)CC. The molecular weight excluding hydrogens is 608 g/mol. The van der Waals surface area contributed by atoms with Crippen molar-refractivity contribution in [1.29, 1.82) is 0 Å². The minimum atomic E-state index is -0.872. The molecule has 0 spiro atoms. The van der Waals surface area contributed by atoms with Crippen molar-refractivity contribution < 1.29 is 39.2 Å². The number of esters is 2. The molecule has 0 aromatic carbocycles. The Bertz CT molecular complexity index is 900. The molecule has 1 fully saturated rings. The predicted molar refractivity (Wildman–Crippen MR) is 192 cm³/mol. The van der Waals surface area contributed by atoms with Crippen molar-refractivity contribution in [2.24, 2.45) is 17.8 Å². The standard InChI is InChI=1S/C40H70O8/c1-4-6-17-23-33(42)27-28-36-35(37(43)29-38(36)44)24-19-15-16-21-26-40(46)48-34(30-41)31-47-39(45)25-20-14-12-10-8-7-9-11-13-18-22-32(3)5-2/h15,19,27-28,32-37,41-43H,4-14,16-18,20-26,29-31H2,1-3H3/b19-15-,28-27+/t32?,33-,34-,35+,36+,37-/m0/s1. The normalized spacial score (nSPS) is 20.0. The number of aliphatic hydroxyl groups is 3. The third-order valence-electron chi connectivity index (χ3n) is 9.66. The lowest BCUT2D eigenvalue weighted by atomic mass is 9.90. The fraction of sp³-hybridized carbons (Fsp3) is 0.825. The predicted octanol–water partition coefficient (Wildman–Crippen LogP) is 8.34. The first-order chi connectivity index (χ1) is 23.2. The second-order valence-corrected chi connectivity index (χ2v) is 14.0. The fourth-order valence-corrected chi connectivity index (χ4v) is 6.22. The third kappa shape index (κ3) is 21.8. The maximum atomic E-state index is 12.4. The number of carbonyl (C=O) groups is 3. The lowest BCUT2D eigenvalue weighted by Crippen LogP contribution is -2.28. The summed E-state index contributed by atoms with van der Waals surface area (Å²) in [5.41, 5.74) is 0. The zero-order chi connectivity index (χ0) is 35.4. The van der Waals surface area contributed by atoms with Gasteiger partial charge in [0.05, 0.1) is 18.8 Å². The lowest BCUT2D eigenvalue weighted by Gasteiger charge is -2.17. The fourth-order valence-electron chi connectivity index (χ4n) is 6.22. The van der Waals surface area contributed by atoms with Crippen LogP contribution in [0.2, 0.25) is 0 Å². The average molecular weight is 679 g/mol. The molecule has 1 rings (SSSR count). The van der Waals surface area contributed by atoms with Crippen LogP contribution in [0.1, 0.15) is 162 Å². The molecular formula is C40H70O8. The van der Waals surface area contributed by atoms with Gasteiger partial charge in [-0.05, 0) is 38.0 Å². The van der Waals surface area contributed by atoms with Crippen LogP contribution in [0.25, 0.3) is 0 Å². The maximum absolute atomic E-state index is 12.4. The van der Waals surface area contributed by atoms with E-state index in [1.54, 1.807) is 12.2 Å². The monoisotopic (exact) mass is 679 g/mol. The molecule has 0 saturated heterocycles. The van der Waals surface area contributed by atoms with Gasteiger partial charge in [-0.3, -0.25) is 14.4 Å². The number of rotatable bonds is 30. The van der Waals surface area contributed by atoms with E-state index in [1.165, 1.54) is 57.8 Å². The number of Topliss-reactive ketones (excluding diaryl/α,β-unsaturated/α-hetero) is 1. The topological polar surface area (TPSA) is 130 Å². The summed E-state index contributed by atoms with van der Waals surface area (Å²) in [5, 5.41) is 30.1. The highest BCUT2D eigenvalue weighted by atomic mass is 16.6. The van der Waals surface area contributed by atoms with Gasteiger partial charge in [-0.1, -0.05) is 135 Å². The number of hydrogen-bond acceptors (Lipinski definition) is 8. The van der Waals surface area contributed by atoms with Gasteiger partial charge in [0.15, 0.2) is 6.10 Å². The molecule has 0 aromatic rings. The summed E-state index contributed by atoms with van der Waals surface area (Å²) in [5.74, 6) is -0.550. The second-order valence-electron chi connectivity index (χ2n) is 14.0. The molecule has 0 amide bonds. The second kappa shape index (κ2) is 28.8. The summed E-state index contributed by atoms with van der Waals surface area (Å²) >= 11 is 0. The summed E-state index contributed by atoms with van der Waals surface area (Å²) in [6.07, 6.45) is 25.9. The van der Waals surface area contributed by atoms with Crippen LogP contribution in [0.4, 0.5) is 0 Å². The number of carbonyl (C=O) groups excluding carboxylic acids is 3. The van der Waals surface area contributed by atoms with Gasteiger partial charge < -0.3 is 24.8 Å². The smallest absolute Gasteiger partial charge is 0.306 e. The van der Waals surface area contributed by atoms with Crippen LogP contribution in [0.3, 0.4) is 0 Å². The molecule has 1 saturated carbocycles. The Labute approximate surface area is 292 Å². The Morgan fingerprint density at radius 3 is 2.12 bits per heavy atom. The molecule has 0 bridgehead atoms. The molecule has 8 heteroatoms. The Morgan fingerprint density at radius 1 is 0.854 bits per heavy atom. The molecule has 3 N–H and O–H groups in total. The first kappa shape index (κ1) is 44.0. The number of ether oxygens (including phenoxy) is 2. The number of hydrogen-bond donors (Lipinski definition) is 3. The summed E-state index contributed by atoms with van der Waals surface area (Å²) in [7, 11) is 0. The third-order valence-corrected chi connectivity index (χ3v) is 9.66. The summed E-state index contributed by atoms with van der Waals surface area (Å²) in [6, 6.07) is 0. The zero-order valence-corrected chi connectivity index (χ0v) is 30.6. The number of aliphatic hydroxyl groups excluding tert-OH is 3. The van der Waals surface area contributed by atoms with Gasteiger partial charge in [0.1, 0.15) is 12.4 Å². The Kier molecular flexibility index (Phi) is 26.4. The van der Waals surface area contributed by atoms with Gasteiger partial charge in [0.2, 0.25) is 0 Å². The first-order valence-corrected chi connectivity index (χ1v) is 19.4. The summed E-state index contributed by atoms with van der Waals surface area (Å²) in [6.45, 7) is 6.16. The molecule has 8 nitrogen and oxygen atoms in total.